The molecule has 0 aliphatic heterocycles. The summed E-state index contributed by atoms with van der Waals surface area (Å²) in [5.41, 5.74) is 2.22. The van der Waals surface area contributed by atoms with E-state index in [4.69, 9.17) is 4.74 Å². The topological polar surface area (TPSA) is 56.2 Å². The summed E-state index contributed by atoms with van der Waals surface area (Å²) in [6.07, 6.45) is 0. The highest BCUT2D eigenvalue weighted by atomic mass is 19.1. The van der Waals surface area contributed by atoms with Crippen molar-refractivity contribution in [1.82, 2.24) is 9.78 Å². The number of nitrogens with zero attached hydrogens (tertiary/aromatic N) is 2. The normalized spacial score (nSPS) is 10.5. The molecule has 0 unspecified atom stereocenters. The molecule has 1 N–H and O–H groups in total. The summed E-state index contributed by atoms with van der Waals surface area (Å²) in [5, 5.41) is 6.96. The second-order valence-electron chi connectivity index (χ2n) is 5.25. The molecule has 24 heavy (non-hydrogen) atoms. The Hall–Kier alpha value is -3.15. The number of benzene rings is 2. The molecule has 0 radical (unpaired) electrons. The van der Waals surface area contributed by atoms with Gasteiger partial charge in [0.15, 0.2) is 5.69 Å². The Morgan fingerprint density at radius 2 is 1.96 bits per heavy atom. The molecule has 3 rings (SSSR count). The third-order valence-corrected chi connectivity index (χ3v) is 3.50. The van der Waals surface area contributed by atoms with Gasteiger partial charge in [-0.3, -0.25) is 4.79 Å². The second-order valence-corrected chi connectivity index (χ2v) is 5.25. The Morgan fingerprint density at radius 3 is 2.71 bits per heavy atom. The molecular weight excluding hydrogens is 309 g/mol. The fraction of sp³-hybridized carbons (Fsp3) is 0.111. The van der Waals surface area contributed by atoms with Gasteiger partial charge in [-0.15, -0.1) is 0 Å². The third kappa shape index (κ3) is 3.27. The molecule has 1 amide bonds. The lowest BCUT2D eigenvalue weighted by Gasteiger charge is -2.06. The Balaban J connectivity index is 1.86. The van der Waals surface area contributed by atoms with Crippen LogP contribution in [0, 0.1) is 12.7 Å². The maximum atomic E-state index is 13.2. The molecule has 5 nitrogen and oxygen atoms in total. The fourth-order valence-electron chi connectivity index (χ4n) is 2.35. The van der Waals surface area contributed by atoms with E-state index >= 15 is 0 Å². The highest BCUT2D eigenvalue weighted by Crippen LogP contribution is 2.19. The number of carbonyl (C=O) groups is 1. The number of rotatable bonds is 4. The smallest absolute Gasteiger partial charge is 0.276 e. The van der Waals surface area contributed by atoms with Crippen LogP contribution in [0.15, 0.2) is 54.6 Å². The van der Waals surface area contributed by atoms with Crippen molar-refractivity contribution in [3.63, 3.8) is 0 Å². The molecule has 1 heterocycles. The molecule has 0 fully saturated rings. The molecule has 0 saturated carbocycles. The van der Waals surface area contributed by atoms with E-state index in [0.717, 1.165) is 11.4 Å². The number of aryl methyl sites for hydroxylation is 1. The van der Waals surface area contributed by atoms with Crippen LogP contribution in [0.3, 0.4) is 0 Å². The van der Waals surface area contributed by atoms with Gasteiger partial charge in [0.25, 0.3) is 5.91 Å². The van der Waals surface area contributed by atoms with Gasteiger partial charge in [-0.05, 0) is 43.3 Å². The van der Waals surface area contributed by atoms with Crippen molar-refractivity contribution in [3.05, 3.63) is 71.8 Å². The van der Waals surface area contributed by atoms with Gasteiger partial charge in [0.05, 0.1) is 12.8 Å². The maximum absolute atomic E-state index is 13.2. The van der Waals surface area contributed by atoms with Gasteiger partial charge in [0.2, 0.25) is 0 Å². The van der Waals surface area contributed by atoms with Crippen LogP contribution in [0.5, 0.6) is 5.75 Å². The van der Waals surface area contributed by atoms with Crippen LogP contribution in [0.2, 0.25) is 0 Å². The zero-order valence-corrected chi connectivity index (χ0v) is 13.3. The lowest BCUT2D eigenvalue weighted by atomic mass is 10.3. The SMILES string of the molecule is COc1cccc(-n2nc(C(=O)Nc3cccc(F)c3)cc2C)c1. The van der Waals surface area contributed by atoms with E-state index in [-0.39, 0.29) is 5.69 Å². The summed E-state index contributed by atoms with van der Waals surface area (Å²) >= 11 is 0. The quantitative estimate of drug-likeness (QED) is 0.797. The van der Waals surface area contributed by atoms with E-state index in [0.29, 0.717) is 11.4 Å². The monoisotopic (exact) mass is 325 g/mol. The molecular formula is C18H16FN3O2. The number of ether oxygens (including phenoxy) is 1. The lowest BCUT2D eigenvalue weighted by Crippen LogP contribution is -2.13. The van der Waals surface area contributed by atoms with Gasteiger partial charge in [-0.2, -0.15) is 5.10 Å². The van der Waals surface area contributed by atoms with Crippen LogP contribution >= 0.6 is 0 Å². The summed E-state index contributed by atoms with van der Waals surface area (Å²) in [7, 11) is 1.59. The van der Waals surface area contributed by atoms with Gasteiger partial charge in [-0.1, -0.05) is 12.1 Å². The number of hydrogen-bond acceptors (Lipinski definition) is 3. The maximum Gasteiger partial charge on any atom is 0.276 e. The van der Waals surface area contributed by atoms with E-state index in [1.54, 1.807) is 23.9 Å². The zero-order valence-electron chi connectivity index (χ0n) is 13.3. The predicted octanol–water partition coefficient (Wildman–Crippen LogP) is 3.58. The lowest BCUT2D eigenvalue weighted by molar-refractivity contribution is 0.102. The van der Waals surface area contributed by atoms with E-state index in [1.807, 2.05) is 31.2 Å². The molecule has 0 bridgehead atoms. The molecule has 0 aliphatic rings. The summed E-state index contributed by atoms with van der Waals surface area (Å²) in [6, 6.07) is 14.8. The van der Waals surface area contributed by atoms with Crippen molar-refractivity contribution in [3.8, 4) is 11.4 Å². The Morgan fingerprint density at radius 1 is 1.17 bits per heavy atom. The van der Waals surface area contributed by atoms with Crippen molar-refractivity contribution in [1.29, 1.82) is 0 Å². The Bertz CT molecular complexity index is 889. The van der Waals surface area contributed by atoms with Gasteiger partial charge in [0.1, 0.15) is 11.6 Å². The van der Waals surface area contributed by atoms with Gasteiger partial charge in [-0.25, -0.2) is 9.07 Å². The molecule has 6 heteroatoms. The molecule has 0 aliphatic carbocycles. The minimum absolute atomic E-state index is 0.250. The highest BCUT2D eigenvalue weighted by molar-refractivity contribution is 6.02. The summed E-state index contributed by atoms with van der Waals surface area (Å²) in [5.74, 6) is -0.107. The van der Waals surface area contributed by atoms with Crippen LogP contribution in [0.4, 0.5) is 10.1 Å². The van der Waals surface area contributed by atoms with E-state index in [2.05, 4.69) is 10.4 Å². The molecule has 3 aromatic rings. The number of aromatic nitrogens is 2. The fourth-order valence-corrected chi connectivity index (χ4v) is 2.35. The van der Waals surface area contributed by atoms with Crippen LogP contribution in [-0.2, 0) is 0 Å². The molecule has 1 aromatic heterocycles. The standard InChI is InChI=1S/C18H16FN3O2/c1-12-9-17(18(23)20-14-6-3-5-13(19)10-14)21-22(12)15-7-4-8-16(11-15)24-2/h3-11H,1-2H3,(H,20,23). The number of amides is 1. The zero-order chi connectivity index (χ0) is 17.1. The van der Waals surface area contributed by atoms with Crippen LogP contribution < -0.4 is 10.1 Å². The minimum atomic E-state index is -0.411. The second kappa shape index (κ2) is 6.54. The highest BCUT2D eigenvalue weighted by Gasteiger charge is 2.14. The van der Waals surface area contributed by atoms with Crippen LogP contribution in [-0.4, -0.2) is 22.8 Å². The van der Waals surface area contributed by atoms with Gasteiger partial charge >= 0.3 is 0 Å². The van der Waals surface area contributed by atoms with Crippen molar-refractivity contribution >= 4 is 11.6 Å². The van der Waals surface area contributed by atoms with Crippen molar-refractivity contribution in [2.45, 2.75) is 6.92 Å². The summed E-state index contributed by atoms with van der Waals surface area (Å²) in [4.78, 5) is 12.3. The van der Waals surface area contributed by atoms with Crippen molar-refractivity contribution in [2.24, 2.45) is 0 Å². The number of carbonyl (C=O) groups excluding carboxylic acids is 1. The molecule has 0 spiro atoms. The molecule has 0 saturated heterocycles. The predicted molar refractivity (Wildman–Crippen MR) is 89.2 cm³/mol. The third-order valence-electron chi connectivity index (χ3n) is 3.50. The molecule has 2 aromatic carbocycles. The van der Waals surface area contributed by atoms with E-state index < -0.39 is 11.7 Å². The van der Waals surface area contributed by atoms with Crippen molar-refractivity contribution < 1.29 is 13.9 Å². The number of anilines is 1. The van der Waals surface area contributed by atoms with Crippen molar-refractivity contribution in [2.75, 3.05) is 12.4 Å². The van der Waals surface area contributed by atoms with Gasteiger partial charge in [0, 0.05) is 17.4 Å². The van der Waals surface area contributed by atoms with Gasteiger partial charge < -0.3 is 10.1 Å². The molecule has 122 valence electrons. The minimum Gasteiger partial charge on any atom is -0.497 e. The number of nitrogens with one attached hydrogen (secondary N) is 1. The molecule has 0 atom stereocenters. The first-order chi connectivity index (χ1) is 11.6. The Labute approximate surface area is 138 Å². The average Bonchev–Trinajstić information content (AvgIpc) is 2.97. The summed E-state index contributed by atoms with van der Waals surface area (Å²) in [6.45, 7) is 1.85. The number of hydrogen-bond donors (Lipinski definition) is 1. The first-order valence-electron chi connectivity index (χ1n) is 7.35. The first-order valence-corrected chi connectivity index (χ1v) is 7.35. The van der Waals surface area contributed by atoms with E-state index in [1.165, 1.54) is 18.2 Å². The summed E-state index contributed by atoms with van der Waals surface area (Å²) < 4.78 is 20.1. The van der Waals surface area contributed by atoms with E-state index in [9.17, 15) is 9.18 Å². The average molecular weight is 325 g/mol. The number of methoxy groups -OCH3 is 1. The van der Waals surface area contributed by atoms with Crippen LogP contribution in [0.1, 0.15) is 16.2 Å². The Kier molecular flexibility index (Phi) is 4.29. The first kappa shape index (κ1) is 15.7. The largest absolute Gasteiger partial charge is 0.497 e. The number of halogens is 1. The van der Waals surface area contributed by atoms with Crippen LogP contribution in [0.25, 0.3) is 5.69 Å².